The first-order chi connectivity index (χ1) is 8.63. The van der Waals surface area contributed by atoms with E-state index in [0.29, 0.717) is 0 Å². The summed E-state index contributed by atoms with van der Waals surface area (Å²) in [5.74, 6) is 1.75. The summed E-state index contributed by atoms with van der Waals surface area (Å²) in [6.07, 6.45) is 5.22. The van der Waals surface area contributed by atoms with Crippen molar-refractivity contribution in [3.63, 3.8) is 0 Å². The van der Waals surface area contributed by atoms with Crippen LogP contribution in [0.15, 0.2) is 18.7 Å². The van der Waals surface area contributed by atoms with Gasteiger partial charge in [-0.25, -0.2) is 0 Å². The van der Waals surface area contributed by atoms with Gasteiger partial charge in [-0.2, -0.15) is 0 Å². The van der Waals surface area contributed by atoms with Crippen molar-refractivity contribution in [3.05, 3.63) is 29.8 Å². The summed E-state index contributed by atoms with van der Waals surface area (Å²) in [5.41, 5.74) is 2.36. The van der Waals surface area contributed by atoms with Crippen molar-refractivity contribution in [3.8, 4) is 11.5 Å². The topological polar surface area (TPSA) is 18.5 Å². The van der Waals surface area contributed by atoms with Gasteiger partial charge in [0, 0.05) is 5.56 Å². The molecule has 1 radical (unpaired) electrons. The molecular formula is C15H23O2Si. The minimum Gasteiger partial charge on any atom is -0.540 e. The highest BCUT2D eigenvalue weighted by Gasteiger charge is 2.14. The first kappa shape index (κ1) is 14.8. The van der Waals surface area contributed by atoms with Gasteiger partial charge in [0.2, 0.25) is 0 Å². The molecule has 0 saturated carbocycles. The van der Waals surface area contributed by atoms with Gasteiger partial charge in [0.25, 0.3) is 9.04 Å². The van der Waals surface area contributed by atoms with Crippen LogP contribution in [0.1, 0.15) is 30.9 Å². The Morgan fingerprint density at radius 3 is 2.56 bits per heavy atom. The zero-order valence-electron chi connectivity index (χ0n) is 11.9. The van der Waals surface area contributed by atoms with E-state index in [2.05, 4.69) is 32.7 Å². The van der Waals surface area contributed by atoms with E-state index in [1.54, 1.807) is 7.11 Å². The Balaban J connectivity index is 3.18. The Labute approximate surface area is 112 Å². The lowest BCUT2D eigenvalue weighted by Crippen LogP contribution is -2.12. The van der Waals surface area contributed by atoms with Gasteiger partial charge in [-0.05, 0) is 37.6 Å². The molecule has 0 atom stereocenters. The molecule has 1 rings (SSSR count). The van der Waals surface area contributed by atoms with E-state index in [9.17, 15) is 0 Å². The smallest absolute Gasteiger partial charge is 0.274 e. The summed E-state index contributed by atoms with van der Waals surface area (Å²) < 4.78 is 11.5. The Bertz CT molecular complexity index is 400. The van der Waals surface area contributed by atoms with Gasteiger partial charge in [0.05, 0.1) is 7.11 Å². The third kappa shape index (κ3) is 3.64. The first-order valence-corrected chi connectivity index (χ1v) is 8.85. The summed E-state index contributed by atoms with van der Waals surface area (Å²) in [6, 6.07) is 4.06. The van der Waals surface area contributed by atoms with Gasteiger partial charge in [-0.3, -0.25) is 0 Å². The second kappa shape index (κ2) is 7.26. The van der Waals surface area contributed by atoms with Crippen LogP contribution in [0.2, 0.25) is 13.1 Å². The largest absolute Gasteiger partial charge is 0.540 e. The fourth-order valence-corrected chi connectivity index (χ4v) is 2.55. The Morgan fingerprint density at radius 1 is 1.33 bits per heavy atom. The lowest BCUT2D eigenvalue weighted by Gasteiger charge is -2.18. The van der Waals surface area contributed by atoms with E-state index in [4.69, 9.17) is 9.16 Å². The number of hydrogen-bond donors (Lipinski definition) is 0. The molecule has 0 spiro atoms. The lowest BCUT2D eigenvalue weighted by molar-refractivity contribution is 0.389. The molecule has 0 saturated heterocycles. The van der Waals surface area contributed by atoms with E-state index in [-0.39, 0.29) is 0 Å². The number of rotatable bonds is 7. The van der Waals surface area contributed by atoms with Gasteiger partial charge in [-0.15, -0.1) is 0 Å². The maximum atomic E-state index is 5.90. The minimum absolute atomic E-state index is 0.781. The van der Waals surface area contributed by atoms with Crippen LogP contribution in [0, 0.1) is 0 Å². The quantitative estimate of drug-likeness (QED) is 0.682. The zero-order valence-corrected chi connectivity index (χ0v) is 12.9. The zero-order chi connectivity index (χ0) is 13.5. The molecule has 0 bridgehead atoms. The molecule has 0 amide bonds. The van der Waals surface area contributed by atoms with E-state index in [1.807, 2.05) is 12.1 Å². The third-order valence-corrected chi connectivity index (χ3v) is 3.41. The van der Waals surface area contributed by atoms with Crippen LogP contribution >= 0.6 is 0 Å². The monoisotopic (exact) mass is 263 g/mol. The van der Waals surface area contributed by atoms with Crippen LogP contribution in [0.4, 0.5) is 0 Å². The number of methoxy groups -OCH3 is 1. The Morgan fingerprint density at radius 2 is 2.06 bits per heavy atom. The summed E-state index contributed by atoms with van der Waals surface area (Å²) >= 11 is 0. The average Bonchev–Trinajstić information content (AvgIpc) is 2.35. The first-order valence-electron chi connectivity index (χ1n) is 6.44. The minimum atomic E-state index is -0.781. The van der Waals surface area contributed by atoms with Crippen molar-refractivity contribution in [1.82, 2.24) is 0 Å². The van der Waals surface area contributed by atoms with Gasteiger partial charge in [0.1, 0.15) is 5.75 Å². The number of benzene rings is 1. The van der Waals surface area contributed by atoms with Gasteiger partial charge >= 0.3 is 0 Å². The second-order valence-corrected chi connectivity index (χ2v) is 6.50. The molecule has 18 heavy (non-hydrogen) atoms. The van der Waals surface area contributed by atoms with Crippen LogP contribution in [0.25, 0.3) is 6.08 Å². The van der Waals surface area contributed by atoms with E-state index >= 15 is 0 Å². The maximum absolute atomic E-state index is 5.90. The van der Waals surface area contributed by atoms with Crippen molar-refractivity contribution in [2.45, 2.75) is 39.3 Å². The summed E-state index contributed by atoms with van der Waals surface area (Å²) in [6.45, 7) is 10.3. The van der Waals surface area contributed by atoms with Crippen molar-refractivity contribution < 1.29 is 9.16 Å². The molecule has 0 unspecified atom stereocenters. The highest BCUT2D eigenvalue weighted by Crippen LogP contribution is 2.35. The number of hydrogen-bond acceptors (Lipinski definition) is 2. The fourth-order valence-electron chi connectivity index (χ4n) is 1.95. The molecule has 0 heterocycles. The molecule has 3 heteroatoms. The predicted octanol–water partition coefficient (Wildman–Crippen LogP) is 4.31. The highest BCUT2D eigenvalue weighted by molar-refractivity contribution is 6.49. The van der Waals surface area contributed by atoms with Crippen LogP contribution in [-0.4, -0.2) is 16.2 Å². The van der Waals surface area contributed by atoms with E-state index < -0.39 is 9.04 Å². The lowest BCUT2D eigenvalue weighted by atomic mass is 10.0. The van der Waals surface area contributed by atoms with Gasteiger partial charge in [0.15, 0.2) is 5.75 Å². The molecule has 0 aliphatic rings. The predicted molar refractivity (Wildman–Crippen MR) is 79.8 cm³/mol. The molecule has 0 aromatic heterocycles. The van der Waals surface area contributed by atoms with Crippen LogP contribution in [0.5, 0.6) is 11.5 Å². The molecule has 0 aliphatic carbocycles. The summed E-state index contributed by atoms with van der Waals surface area (Å²) in [7, 11) is 0.930. The van der Waals surface area contributed by atoms with E-state index in [0.717, 1.165) is 29.9 Å². The Hall–Kier alpha value is -1.22. The molecular weight excluding hydrogens is 240 g/mol. The van der Waals surface area contributed by atoms with Crippen molar-refractivity contribution in [1.29, 1.82) is 0 Å². The molecule has 2 nitrogen and oxygen atoms in total. The standard InChI is InChI=1S/C15H23O2Si/c1-6-8-9-13-12(7-2)10-11-14(15(13)16-3)17-18(4)5/h7,10-11H,2,6,8-9H2,1,3-5H3. The van der Waals surface area contributed by atoms with Crippen molar-refractivity contribution in [2.24, 2.45) is 0 Å². The normalized spacial score (nSPS) is 10.5. The molecule has 0 N–H and O–H groups in total. The van der Waals surface area contributed by atoms with Crippen LogP contribution in [0.3, 0.4) is 0 Å². The van der Waals surface area contributed by atoms with Crippen molar-refractivity contribution in [2.75, 3.05) is 7.11 Å². The van der Waals surface area contributed by atoms with Crippen LogP contribution < -0.4 is 9.16 Å². The van der Waals surface area contributed by atoms with Crippen molar-refractivity contribution >= 4 is 15.1 Å². The number of ether oxygens (including phenoxy) is 1. The van der Waals surface area contributed by atoms with Gasteiger partial charge < -0.3 is 9.16 Å². The highest BCUT2D eigenvalue weighted by atomic mass is 28.3. The molecule has 0 fully saturated rings. The Kier molecular flexibility index (Phi) is 5.99. The fraction of sp³-hybridized carbons (Fsp3) is 0.467. The second-order valence-electron chi connectivity index (χ2n) is 4.48. The molecule has 0 aliphatic heterocycles. The molecule has 1 aromatic carbocycles. The molecule has 1 aromatic rings. The summed E-state index contributed by atoms with van der Waals surface area (Å²) in [4.78, 5) is 0. The number of unbranched alkanes of at least 4 members (excludes halogenated alkanes) is 1. The van der Waals surface area contributed by atoms with E-state index in [1.165, 1.54) is 12.0 Å². The molecule has 99 valence electrons. The van der Waals surface area contributed by atoms with Crippen LogP contribution in [-0.2, 0) is 6.42 Å². The summed E-state index contributed by atoms with van der Waals surface area (Å²) in [5, 5.41) is 0. The van der Waals surface area contributed by atoms with Gasteiger partial charge in [-0.1, -0.05) is 32.1 Å². The SMILES string of the molecule is C=Cc1ccc(O[Si](C)C)c(OC)c1CCCC. The third-order valence-electron chi connectivity index (χ3n) is 2.78. The average molecular weight is 263 g/mol. The maximum Gasteiger partial charge on any atom is 0.274 e.